The third kappa shape index (κ3) is 17.4. The Morgan fingerprint density at radius 2 is 1.10 bits per heavy atom. The molecular formula is C72H93F2N13O20. The van der Waals surface area contributed by atoms with E-state index in [1.807, 2.05) is 18.2 Å². The molecule has 0 radical (unpaired) electrons. The molecule has 4 amide bonds. The summed E-state index contributed by atoms with van der Waals surface area (Å²) in [5.74, 6) is -5.13. The van der Waals surface area contributed by atoms with E-state index in [2.05, 4.69) is 46.9 Å². The molecule has 580 valence electrons. The van der Waals surface area contributed by atoms with Crippen molar-refractivity contribution in [3.05, 3.63) is 109 Å². The van der Waals surface area contributed by atoms with Crippen molar-refractivity contribution in [1.29, 1.82) is 0 Å². The average molecular weight is 1500 g/mol. The molecule has 15 unspecified atom stereocenters. The van der Waals surface area contributed by atoms with Crippen LogP contribution in [0.15, 0.2) is 97.5 Å². The van der Waals surface area contributed by atoms with Gasteiger partial charge < -0.3 is 100.0 Å². The highest BCUT2D eigenvalue weighted by molar-refractivity contribution is 5.82. The number of benzene rings is 3. The molecule has 107 heavy (non-hydrogen) atoms. The third-order valence-corrected chi connectivity index (χ3v) is 21.7. The quantitative estimate of drug-likeness (QED) is 0.0339. The zero-order valence-electron chi connectivity index (χ0n) is 58.9. The number of nitrogens with zero attached hydrogens (tertiary/aromatic N) is 10. The Hall–Kier alpha value is -7.82. The van der Waals surface area contributed by atoms with E-state index in [-0.39, 0.29) is 62.0 Å². The molecule has 6 aromatic rings. The maximum absolute atomic E-state index is 15.1. The minimum atomic E-state index is -1.85. The van der Waals surface area contributed by atoms with Crippen molar-refractivity contribution in [1.82, 2.24) is 65.8 Å². The van der Waals surface area contributed by atoms with Crippen LogP contribution in [-0.2, 0) is 52.3 Å². The number of halogens is 2. The topological polar surface area (TPSA) is 446 Å². The van der Waals surface area contributed by atoms with E-state index in [9.17, 15) is 69.1 Å². The van der Waals surface area contributed by atoms with Gasteiger partial charge in [-0.1, -0.05) is 102 Å². The first-order chi connectivity index (χ1) is 51.6. The van der Waals surface area contributed by atoms with Crippen LogP contribution in [0.25, 0.3) is 33.8 Å². The number of hydrogen-bond acceptors (Lipinski definition) is 26. The predicted octanol–water partition coefficient (Wildman–Crippen LogP) is 0.139. The van der Waals surface area contributed by atoms with Gasteiger partial charge in [0.1, 0.15) is 114 Å². The second kappa shape index (κ2) is 34.4. The molecule has 3 aromatic heterocycles. The number of likely N-dealkylation sites (tertiary alicyclic amines) is 1. The van der Waals surface area contributed by atoms with Gasteiger partial charge in [-0.15, -0.1) is 15.3 Å². The highest BCUT2D eigenvalue weighted by atomic mass is 19.1. The van der Waals surface area contributed by atoms with E-state index in [1.165, 1.54) is 72.0 Å². The van der Waals surface area contributed by atoms with Crippen LogP contribution in [0.3, 0.4) is 0 Å². The Morgan fingerprint density at radius 1 is 0.561 bits per heavy atom. The number of carbonyl (C=O) groups excluding carboxylic acids is 4. The van der Waals surface area contributed by atoms with Gasteiger partial charge in [0, 0.05) is 61.6 Å². The van der Waals surface area contributed by atoms with E-state index in [0.717, 1.165) is 43.2 Å². The van der Waals surface area contributed by atoms with Crippen LogP contribution in [0.4, 0.5) is 8.78 Å². The zero-order chi connectivity index (χ0) is 75.3. The lowest BCUT2D eigenvalue weighted by molar-refractivity contribution is -0.337. The molecule has 7 fully saturated rings. The first kappa shape index (κ1) is 77.3. The summed E-state index contributed by atoms with van der Waals surface area (Å²) < 4.78 is 78.0. The summed E-state index contributed by atoms with van der Waals surface area (Å²) in [6.45, 7) is 1.75. The van der Waals surface area contributed by atoms with Gasteiger partial charge in [0.25, 0.3) is 5.91 Å². The lowest BCUT2D eigenvalue weighted by Gasteiger charge is -2.49. The number of amides is 4. The summed E-state index contributed by atoms with van der Waals surface area (Å²) in [6.07, 6.45) is -17.7. The predicted molar refractivity (Wildman–Crippen MR) is 366 cm³/mol. The van der Waals surface area contributed by atoms with Crippen molar-refractivity contribution in [2.45, 2.75) is 219 Å². The number of nitrogens with one attached hydrogen (secondary N) is 3. The second-order valence-corrected chi connectivity index (χ2v) is 29.0. The van der Waals surface area contributed by atoms with Crippen molar-refractivity contribution in [3.8, 4) is 33.8 Å². The molecule has 4 saturated heterocycles. The summed E-state index contributed by atoms with van der Waals surface area (Å²) in [6, 6.07) is 15.2. The SMILES string of the molecule is CC(=O)NC1C(O[C@@H](CC2CCCCC2)C(=O)N2CCC2)[C@@H](O)C(CO)O[C@H]1O[C@@H]1CC(C(=O)NCCNC(=O)C2CC(n3cc(-c4cccc(F)c4)nn3)C(O)[C@H](O[C@@H]3OC(CO)[C@H](O)C(n4cc(-c5cccc(F)c5)nn4)C3O)C2)CC(n2cc(-c3ccccc3)nn2)C1O[C@@H]1OC(C)[C@@H](O)C(O)C1O. The van der Waals surface area contributed by atoms with Crippen LogP contribution >= 0.6 is 0 Å². The van der Waals surface area contributed by atoms with Crippen molar-refractivity contribution in [2.75, 3.05) is 39.4 Å². The molecule has 7 aliphatic rings. The van der Waals surface area contributed by atoms with Gasteiger partial charge in [0.05, 0.1) is 62.2 Å². The molecule has 33 nitrogen and oxygen atoms in total. The molecule has 3 saturated carbocycles. The Morgan fingerprint density at radius 3 is 1.70 bits per heavy atom. The molecule has 35 heteroatoms. The van der Waals surface area contributed by atoms with Gasteiger partial charge >= 0.3 is 0 Å². The van der Waals surface area contributed by atoms with Crippen LogP contribution < -0.4 is 16.0 Å². The molecule has 12 N–H and O–H groups in total. The van der Waals surface area contributed by atoms with Crippen molar-refractivity contribution >= 4 is 23.6 Å². The number of aliphatic hydroxyl groups excluding tert-OH is 9. The van der Waals surface area contributed by atoms with Gasteiger partial charge in [-0.25, -0.2) is 22.8 Å². The maximum Gasteiger partial charge on any atom is 0.251 e. The first-order valence-corrected chi connectivity index (χ1v) is 36.6. The summed E-state index contributed by atoms with van der Waals surface area (Å²) >= 11 is 0. The number of carbonyl (C=O) groups is 4. The third-order valence-electron chi connectivity index (χ3n) is 21.7. The fourth-order valence-electron chi connectivity index (χ4n) is 15.8. The molecular weight excluding hydrogens is 1400 g/mol. The summed E-state index contributed by atoms with van der Waals surface area (Å²) in [7, 11) is 0. The average Bonchev–Trinajstić information content (AvgIpc) is 1.69. The number of ether oxygens (including phenoxy) is 7. The molecule has 24 atom stereocenters. The standard InChI is InChI=1S/C72H93F2N13O20/c1-36-58(91)63(96)64(97)72(101-36)107-65-50(86-31-46(78-82-86)39-14-7-4-8-15-39)28-43(30-52(65)104-70-56(77-37(2)90)66(61(94)55(35-89)105-70)102-53(69(100)84-22-11-23-84)24-38-12-5-3-6-13-38)68(99)76-21-20-75-67(98)42-27-49(85-32-47(79-81-85)40-16-9-18-44(73)25-40)59(92)51(29-42)103-71-62(95)57(60(93)54(34-88)106-71)87-33-48(80-83-87)41-17-10-19-45(74)26-41/h4,7-10,14-19,25-26,31-33,36,38,42-43,49-66,70-72,88-89,91-97H,3,5-6,11-13,20-24,27-30,34-35H2,1-2H3,(H,75,98)(H,76,99)(H,77,90)/t36?,42?,43?,49?,50?,51-,52-,53+,54?,55?,56?,57?,58-,59?,60+,61+,62?,63?,64?,65?,66?,70-,71-,72+/m1/s1. The zero-order valence-corrected chi connectivity index (χ0v) is 58.9. The molecule has 3 aromatic carbocycles. The van der Waals surface area contributed by atoms with Crippen molar-refractivity contribution in [2.24, 2.45) is 17.8 Å². The molecule has 0 spiro atoms. The van der Waals surface area contributed by atoms with Gasteiger partial charge in [-0.2, -0.15) is 0 Å². The van der Waals surface area contributed by atoms with Crippen LogP contribution in [0.2, 0.25) is 0 Å². The number of hydrogen-bond donors (Lipinski definition) is 12. The van der Waals surface area contributed by atoms with E-state index >= 15 is 4.79 Å². The van der Waals surface area contributed by atoms with Crippen LogP contribution in [-0.4, -0.2) is 275 Å². The molecule has 3 aliphatic carbocycles. The molecule has 13 rings (SSSR count). The molecule has 4 aliphatic heterocycles. The minimum absolute atomic E-state index is 0.0957. The summed E-state index contributed by atoms with van der Waals surface area (Å²) in [4.78, 5) is 59.3. The Bertz CT molecular complexity index is 3970. The van der Waals surface area contributed by atoms with E-state index < -0.39 is 189 Å². The lowest BCUT2D eigenvalue weighted by Crippen LogP contribution is -2.67. The minimum Gasteiger partial charge on any atom is -0.394 e. The van der Waals surface area contributed by atoms with E-state index in [0.29, 0.717) is 41.9 Å². The maximum atomic E-state index is 15.1. The van der Waals surface area contributed by atoms with E-state index in [4.69, 9.17) is 33.2 Å². The molecule has 7 heterocycles. The number of aromatic nitrogens is 9. The van der Waals surface area contributed by atoms with Crippen molar-refractivity contribution in [3.63, 3.8) is 0 Å². The summed E-state index contributed by atoms with van der Waals surface area (Å²) in [5.41, 5.74) is 2.17. The Labute approximate surface area is 613 Å². The van der Waals surface area contributed by atoms with Crippen LogP contribution in [0.1, 0.15) is 103 Å². The van der Waals surface area contributed by atoms with E-state index in [1.54, 1.807) is 35.4 Å². The highest BCUT2D eigenvalue weighted by Gasteiger charge is 2.55. The number of rotatable bonds is 25. The monoisotopic (exact) mass is 1500 g/mol. The van der Waals surface area contributed by atoms with Crippen LogP contribution in [0, 0.1) is 29.4 Å². The van der Waals surface area contributed by atoms with Gasteiger partial charge in [-0.3, -0.25) is 19.2 Å². The normalized spacial score (nSPS) is 33.8. The molecule has 0 bridgehead atoms. The number of aliphatic hydroxyl groups is 9. The summed E-state index contributed by atoms with van der Waals surface area (Å²) in [5, 5.41) is 137. The van der Waals surface area contributed by atoms with Crippen molar-refractivity contribution < 1.29 is 107 Å². The highest BCUT2D eigenvalue weighted by Crippen LogP contribution is 2.43. The second-order valence-electron chi connectivity index (χ2n) is 29.0. The smallest absolute Gasteiger partial charge is 0.251 e. The lowest BCUT2D eigenvalue weighted by atomic mass is 9.80. The van der Waals surface area contributed by atoms with Gasteiger partial charge in [0.2, 0.25) is 17.7 Å². The largest absolute Gasteiger partial charge is 0.394 e. The fourth-order valence-corrected chi connectivity index (χ4v) is 15.8. The Kier molecular flexibility index (Phi) is 24.9. The van der Waals surface area contributed by atoms with Gasteiger partial charge in [-0.05, 0) is 75.6 Å². The first-order valence-electron chi connectivity index (χ1n) is 36.6. The fraction of sp³-hybridized carbons (Fsp3) is 0.611. The Balaban J connectivity index is 0.765. The van der Waals surface area contributed by atoms with Crippen LogP contribution in [0.5, 0.6) is 0 Å². The van der Waals surface area contributed by atoms with Gasteiger partial charge in [0.15, 0.2) is 18.9 Å².